The molecule has 0 bridgehead atoms. The zero-order valence-electron chi connectivity index (χ0n) is 9.99. The van der Waals surface area contributed by atoms with Gasteiger partial charge in [0.25, 0.3) is 0 Å². The molecule has 1 saturated heterocycles. The second-order valence-electron chi connectivity index (χ2n) is 4.02. The van der Waals surface area contributed by atoms with Gasteiger partial charge in [0.2, 0.25) is 0 Å². The predicted octanol–water partition coefficient (Wildman–Crippen LogP) is 1.31. The lowest BCUT2D eigenvalue weighted by molar-refractivity contribution is 0.202. The first-order chi connectivity index (χ1) is 8.70. The number of carbonyl (C=O) groups is 1. The number of carbonyl (C=O) groups excluding carboxylic acids is 1. The second kappa shape index (κ2) is 6.06. The van der Waals surface area contributed by atoms with E-state index in [1.54, 1.807) is 4.90 Å². The largest absolute Gasteiger partial charge is 0.491 e. The van der Waals surface area contributed by atoms with E-state index in [9.17, 15) is 4.79 Å². The van der Waals surface area contributed by atoms with Crippen LogP contribution in [0.1, 0.15) is 5.56 Å². The van der Waals surface area contributed by atoms with Gasteiger partial charge in [-0.3, -0.25) is 0 Å². The van der Waals surface area contributed by atoms with Crippen LogP contribution in [0, 0.1) is 0 Å². The standard InChI is InChI=1S/C12H16BrN3O2/c13-10-1-2-11(9(7-10)8-14)18-6-5-16-4-3-15-12(16)17/h1-2,7H,3-6,8,14H2,(H,15,17). The summed E-state index contributed by atoms with van der Waals surface area (Å²) in [4.78, 5) is 13.1. The number of nitrogens with zero attached hydrogens (tertiary/aromatic N) is 1. The van der Waals surface area contributed by atoms with Gasteiger partial charge in [-0.1, -0.05) is 15.9 Å². The van der Waals surface area contributed by atoms with Crippen LogP contribution in [0.2, 0.25) is 0 Å². The van der Waals surface area contributed by atoms with Crippen LogP contribution in [-0.4, -0.2) is 37.2 Å². The smallest absolute Gasteiger partial charge is 0.317 e. The lowest BCUT2D eigenvalue weighted by Gasteiger charge is -2.16. The Morgan fingerprint density at radius 2 is 2.33 bits per heavy atom. The normalized spacial score (nSPS) is 14.8. The van der Waals surface area contributed by atoms with Crippen LogP contribution in [0.5, 0.6) is 5.75 Å². The Balaban J connectivity index is 1.88. The maximum atomic E-state index is 11.3. The average molecular weight is 314 g/mol. The maximum Gasteiger partial charge on any atom is 0.317 e. The van der Waals surface area contributed by atoms with Crippen LogP contribution in [-0.2, 0) is 6.54 Å². The van der Waals surface area contributed by atoms with Crippen LogP contribution in [0.15, 0.2) is 22.7 Å². The molecule has 1 aliphatic rings. The molecule has 1 aromatic carbocycles. The third-order valence-electron chi connectivity index (χ3n) is 2.81. The highest BCUT2D eigenvalue weighted by Crippen LogP contribution is 2.22. The minimum atomic E-state index is -0.0199. The van der Waals surface area contributed by atoms with Gasteiger partial charge < -0.3 is 20.7 Å². The number of urea groups is 1. The highest BCUT2D eigenvalue weighted by Gasteiger charge is 2.18. The molecule has 2 rings (SSSR count). The molecule has 1 heterocycles. The van der Waals surface area contributed by atoms with Gasteiger partial charge in [-0.05, 0) is 18.2 Å². The third kappa shape index (κ3) is 3.14. The van der Waals surface area contributed by atoms with E-state index < -0.39 is 0 Å². The fraction of sp³-hybridized carbons (Fsp3) is 0.417. The quantitative estimate of drug-likeness (QED) is 0.861. The summed E-state index contributed by atoms with van der Waals surface area (Å²) in [5.41, 5.74) is 6.61. The Hall–Kier alpha value is -1.27. The Morgan fingerprint density at radius 1 is 1.50 bits per heavy atom. The van der Waals surface area contributed by atoms with Crippen molar-refractivity contribution in [3.63, 3.8) is 0 Å². The zero-order chi connectivity index (χ0) is 13.0. The minimum Gasteiger partial charge on any atom is -0.491 e. The van der Waals surface area contributed by atoms with Crippen molar-refractivity contribution >= 4 is 22.0 Å². The Kier molecular flexibility index (Phi) is 4.43. The number of hydrogen-bond donors (Lipinski definition) is 2. The molecule has 1 aliphatic heterocycles. The molecule has 6 heteroatoms. The van der Waals surface area contributed by atoms with Crippen LogP contribution >= 0.6 is 15.9 Å². The molecular formula is C12H16BrN3O2. The van der Waals surface area contributed by atoms with Gasteiger partial charge in [0.15, 0.2) is 0 Å². The molecule has 0 atom stereocenters. The van der Waals surface area contributed by atoms with Crippen molar-refractivity contribution in [1.29, 1.82) is 0 Å². The number of ether oxygens (including phenoxy) is 1. The van der Waals surface area contributed by atoms with Crippen molar-refractivity contribution in [2.75, 3.05) is 26.2 Å². The van der Waals surface area contributed by atoms with E-state index >= 15 is 0 Å². The minimum absolute atomic E-state index is 0.0199. The first-order valence-electron chi connectivity index (χ1n) is 5.85. The first kappa shape index (κ1) is 13.2. The van der Waals surface area contributed by atoms with Crippen molar-refractivity contribution in [1.82, 2.24) is 10.2 Å². The summed E-state index contributed by atoms with van der Waals surface area (Å²) in [5.74, 6) is 0.778. The molecule has 0 aliphatic carbocycles. The summed E-state index contributed by atoms with van der Waals surface area (Å²) in [6, 6.07) is 5.72. The van der Waals surface area contributed by atoms with Gasteiger partial charge in [0, 0.05) is 29.7 Å². The molecule has 3 N–H and O–H groups in total. The molecule has 0 aromatic heterocycles. The Labute approximate surface area is 114 Å². The highest BCUT2D eigenvalue weighted by molar-refractivity contribution is 9.10. The topological polar surface area (TPSA) is 67.6 Å². The summed E-state index contributed by atoms with van der Waals surface area (Å²) in [6.45, 7) is 2.95. The molecule has 1 fully saturated rings. The van der Waals surface area contributed by atoms with Gasteiger partial charge in [-0.15, -0.1) is 0 Å². The molecular weight excluding hydrogens is 298 g/mol. The molecule has 0 radical (unpaired) electrons. The Morgan fingerprint density at radius 3 is 3.00 bits per heavy atom. The second-order valence-corrected chi connectivity index (χ2v) is 4.94. The van der Waals surface area contributed by atoms with E-state index in [-0.39, 0.29) is 6.03 Å². The number of benzene rings is 1. The summed E-state index contributed by atoms with van der Waals surface area (Å²) in [5, 5.41) is 2.75. The predicted molar refractivity (Wildman–Crippen MR) is 72.5 cm³/mol. The van der Waals surface area contributed by atoms with Gasteiger partial charge in [0.1, 0.15) is 12.4 Å². The van der Waals surface area contributed by atoms with E-state index in [0.717, 1.165) is 22.3 Å². The fourth-order valence-electron chi connectivity index (χ4n) is 1.84. The fourth-order valence-corrected chi connectivity index (χ4v) is 2.25. The first-order valence-corrected chi connectivity index (χ1v) is 6.64. The van der Waals surface area contributed by atoms with Gasteiger partial charge in [-0.25, -0.2) is 4.79 Å². The number of halogens is 1. The lowest BCUT2D eigenvalue weighted by atomic mass is 10.2. The van der Waals surface area contributed by atoms with E-state index in [4.69, 9.17) is 10.5 Å². The molecule has 1 aromatic rings. The molecule has 0 saturated carbocycles. The summed E-state index contributed by atoms with van der Waals surface area (Å²) >= 11 is 3.39. The van der Waals surface area contributed by atoms with E-state index in [1.165, 1.54) is 0 Å². The number of rotatable bonds is 5. The summed E-state index contributed by atoms with van der Waals surface area (Å²) in [7, 11) is 0. The van der Waals surface area contributed by atoms with Crippen molar-refractivity contribution in [3.8, 4) is 5.75 Å². The SMILES string of the molecule is NCc1cc(Br)ccc1OCCN1CCNC1=O. The average Bonchev–Trinajstić information content (AvgIpc) is 2.77. The van der Waals surface area contributed by atoms with Crippen molar-refractivity contribution < 1.29 is 9.53 Å². The molecule has 18 heavy (non-hydrogen) atoms. The highest BCUT2D eigenvalue weighted by atomic mass is 79.9. The number of nitrogens with one attached hydrogen (secondary N) is 1. The summed E-state index contributed by atoms with van der Waals surface area (Å²) in [6.07, 6.45) is 0. The zero-order valence-corrected chi connectivity index (χ0v) is 11.6. The van der Waals surface area contributed by atoms with E-state index in [2.05, 4.69) is 21.2 Å². The van der Waals surface area contributed by atoms with E-state index in [1.807, 2.05) is 18.2 Å². The Bertz CT molecular complexity index is 439. The molecule has 0 spiro atoms. The van der Waals surface area contributed by atoms with Crippen molar-refractivity contribution in [2.24, 2.45) is 5.73 Å². The number of amides is 2. The number of hydrogen-bond acceptors (Lipinski definition) is 3. The van der Waals surface area contributed by atoms with Crippen molar-refractivity contribution in [2.45, 2.75) is 6.54 Å². The lowest BCUT2D eigenvalue weighted by Crippen LogP contribution is -2.31. The van der Waals surface area contributed by atoms with Crippen LogP contribution in [0.3, 0.4) is 0 Å². The third-order valence-corrected chi connectivity index (χ3v) is 3.30. The molecule has 5 nitrogen and oxygen atoms in total. The number of nitrogens with two attached hydrogens (primary N) is 1. The van der Waals surface area contributed by atoms with Crippen LogP contribution in [0.25, 0.3) is 0 Å². The van der Waals surface area contributed by atoms with Crippen molar-refractivity contribution in [3.05, 3.63) is 28.2 Å². The van der Waals surface area contributed by atoms with Gasteiger partial charge >= 0.3 is 6.03 Å². The monoisotopic (exact) mass is 313 g/mol. The maximum absolute atomic E-state index is 11.3. The summed E-state index contributed by atoms with van der Waals surface area (Å²) < 4.78 is 6.65. The molecule has 2 amide bonds. The molecule has 98 valence electrons. The van der Waals surface area contributed by atoms with Gasteiger partial charge in [-0.2, -0.15) is 0 Å². The van der Waals surface area contributed by atoms with Crippen LogP contribution < -0.4 is 15.8 Å². The molecule has 0 unspecified atom stereocenters. The van der Waals surface area contributed by atoms with Crippen LogP contribution in [0.4, 0.5) is 4.79 Å². The van der Waals surface area contributed by atoms with E-state index in [0.29, 0.717) is 26.2 Å². The van der Waals surface area contributed by atoms with Gasteiger partial charge in [0.05, 0.1) is 6.54 Å².